The van der Waals surface area contributed by atoms with E-state index in [1.807, 2.05) is 24.3 Å². The third kappa shape index (κ3) is 4.29. The molecule has 0 saturated heterocycles. The molecule has 2 rings (SSSR count). The summed E-state index contributed by atoms with van der Waals surface area (Å²) in [5, 5.41) is 3.29. The second kappa shape index (κ2) is 7.40. The Morgan fingerprint density at radius 3 is 2.76 bits per heavy atom. The van der Waals surface area contributed by atoms with Gasteiger partial charge in [-0.25, -0.2) is 4.79 Å². The number of aromatic nitrogens is 1. The van der Waals surface area contributed by atoms with Crippen LogP contribution in [0.2, 0.25) is 0 Å². The van der Waals surface area contributed by atoms with Gasteiger partial charge in [0.1, 0.15) is 0 Å². The molecule has 0 fully saturated rings. The molecular formula is C16H18N2O3. The normalized spacial score (nSPS) is 10.2. The van der Waals surface area contributed by atoms with Gasteiger partial charge in [0.15, 0.2) is 0 Å². The Morgan fingerprint density at radius 2 is 2.10 bits per heavy atom. The van der Waals surface area contributed by atoms with Crippen LogP contribution in [0.5, 0.6) is 0 Å². The van der Waals surface area contributed by atoms with E-state index >= 15 is 0 Å². The van der Waals surface area contributed by atoms with Gasteiger partial charge in [-0.2, -0.15) is 0 Å². The molecule has 0 radical (unpaired) electrons. The Balaban J connectivity index is 1.96. The molecule has 0 aliphatic carbocycles. The lowest BCUT2D eigenvalue weighted by Gasteiger charge is -2.08. The first-order valence-corrected chi connectivity index (χ1v) is 6.58. The number of carbonyl (C=O) groups is 1. The van der Waals surface area contributed by atoms with Crippen LogP contribution in [0, 0.1) is 0 Å². The van der Waals surface area contributed by atoms with Crippen LogP contribution in [0.1, 0.15) is 21.6 Å². The predicted molar refractivity (Wildman–Crippen MR) is 80.1 cm³/mol. The van der Waals surface area contributed by atoms with E-state index in [1.165, 1.54) is 13.3 Å². The van der Waals surface area contributed by atoms with E-state index in [0.717, 1.165) is 16.9 Å². The highest BCUT2D eigenvalue weighted by molar-refractivity contribution is 5.88. The Hall–Kier alpha value is -2.40. The van der Waals surface area contributed by atoms with Crippen LogP contribution in [-0.2, 0) is 22.6 Å². The van der Waals surface area contributed by atoms with Gasteiger partial charge in [0.25, 0.3) is 0 Å². The van der Waals surface area contributed by atoms with Gasteiger partial charge in [0, 0.05) is 19.0 Å². The van der Waals surface area contributed by atoms with Crippen molar-refractivity contribution in [3.05, 3.63) is 59.4 Å². The minimum Gasteiger partial charge on any atom is -0.465 e. The first-order chi connectivity index (χ1) is 10.2. The van der Waals surface area contributed by atoms with E-state index < -0.39 is 0 Å². The van der Waals surface area contributed by atoms with Crippen LogP contribution in [0.15, 0.2) is 42.6 Å². The molecule has 5 heteroatoms. The monoisotopic (exact) mass is 286 g/mol. The van der Waals surface area contributed by atoms with Crippen molar-refractivity contribution in [3.63, 3.8) is 0 Å². The third-order valence-electron chi connectivity index (χ3n) is 2.96. The number of nitrogens with zero attached hydrogens (tertiary/aromatic N) is 1. The van der Waals surface area contributed by atoms with E-state index in [2.05, 4.69) is 15.0 Å². The van der Waals surface area contributed by atoms with Crippen molar-refractivity contribution in [1.29, 1.82) is 0 Å². The van der Waals surface area contributed by atoms with E-state index in [1.54, 1.807) is 19.2 Å². The second-order valence-electron chi connectivity index (χ2n) is 4.52. The maximum atomic E-state index is 11.3. The predicted octanol–water partition coefficient (Wildman–Crippen LogP) is 2.63. The minimum atomic E-state index is -0.380. The van der Waals surface area contributed by atoms with E-state index in [-0.39, 0.29) is 5.97 Å². The molecule has 0 aliphatic rings. The lowest BCUT2D eigenvalue weighted by atomic mass is 10.2. The minimum absolute atomic E-state index is 0.380. The molecule has 1 aromatic carbocycles. The van der Waals surface area contributed by atoms with E-state index in [0.29, 0.717) is 18.7 Å². The zero-order valence-corrected chi connectivity index (χ0v) is 12.1. The highest BCUT2D eigenvalue weighted by Crippen LogP contribution is 2.12. The zero-order chi connectivity index (χ0) is 15.1. The zero-order valence-electron chi connectivity index (χ0n) is 12.1. The number of ether oxygens (including phenoxy) is 2. The fourth-order valence-electron chi connectivity index (χ4n) is 1.90. The molecule has 1 N–H and O–H groups in total. The highest BCUT2D eigenvalue weighted by atomic mass is 16.5. The Kier molecular flexibility index (Phi) is 5.29. The summed E-state index contributed by atoms with van der Waals surface area (Å²) in [5.74, 6) is -0.380. The van der Waals surface area contributed by atoms with Crippen LogP contribution in [0.3, 0.4) is 0 Å². The van der Waals surface area contributed by atoms with Crippen molar-refractivity contribution in [1.82, 2.24) is 4.98 Å². The molecule has 0 aliphatic heterocycles. The summed E-state index contributed by atoms with van der Waals surface area (Å²) in [5.41, 5.74) is 3.41. The van der Waals surface area contributed by atoms with E-state index in [9.17, 15) is 4.79 Å². The Labute approximate surface area is 123 Å². The van der Waals surface area contributed by atoms with Gasteiger partial charge in [-0.05, 0) is 29.8 Å². The summed E-state index contributed by atoms with van der Waals surface area (Å²) in [6.45, 7) is 1.17. The van der Waals surface area contributed by atoms with Crippen LogP contribution in [-0.4, -0.2) is 25.2 Å². The molecule has 0 unspecified atom stereocenters. The fourth-order valence-corrected chi connectivity index (χ4v) is 1.90. The smallest absolute Gasteiger partial charge is 0.339 e. The second-order valence-corrected chi connectivity index (χ2v) is 4.52. The van der Waals surface area contributed by atoms with Gasteiger partial charge in [-0.1, -0.05) is 12.1 Å². The number of pyridine rings is 1. The van der Waals surface area contributed by atoms with Crippen molar-refractivity contribution in [3.8, 4) is 0 Å². The number of nitrogens with one attached hydrogen (secondary N) is 1. The Morgan fingerprint density at radius 1 is 1.24 bits per heavy atom. The molecule has 0 spiro atoms. The Bertz CT molecular complexity index is 597. The first kappa shape index (κ1) is 15.0. The fraction of sp³-hybridized carbons (Fsp3) is 0.250. The molecule has 1 heterocycles. The maximum absolute atomic E-state index is 11.3. The average Bonchev–Trinajstić information content (AvgIpc) is 2.53. The molecule has 0 amide bonds. The number of rotatable bonds is 6. The molecule has 5 nitrogen and oxygen atoms in total. The number of methoxy groups -OCH3 is 2. The lowest BCUT2D eigenvalue weighted by Crippen LogP contribution is -2.05. The average molecular weight is 286 g/mol. The standard InChI is InChI=1S/C16H18N2O3/c1-20-11-12-4-3-5-14(8-12)18-10-15-7-6-13(9-17-15)16(19)21-2/h3-9,18H,10-11H2,1-2H3. The van der Waals surface area contributed by atoms with Gasteiger partial charge in [-0.15, -0.1) is 0 Å². The molecule has 0 atom stereocenters. The number of esters is 1. The summed E-state index contributed by atoms with van der Waals surface area (Å²) in [4.78, 5) is 15.5. The van der Waals surface area contributed by atoms with Crippen LogP contribution in [0.4, 0.5) is 5.69 Å². The number of hydrogen-bond acceptors (Lipinski definition) is 5. The van der Waals surface area contributed by atoms with Crippen molar-refractivity contribution < 1.29 is 14.3 Å². The number of hydrogen-bond donors (Lipinski definition) is 1. The van der Waals surface area contributed by atoms with Crippen molar-refractivity contribution in [2.45, 2.75) is 13.2 Å². The number of anilines is 1. The molecule has 110 valence electrons. The van der Waals surface area contributed by atoms with Crippen molar-refractivity contribution in [2.75, 3.05) is 19.5 Å². The summed E-state index contributed by atoms with van der Waals surface area (Å²) < 4.78 is 9.74. The summed E-state index contributed by atoms with van der Waals surface area (Å²) in [6.07, 6.45) is 1.52. The van der Waals surface area contributed by atoms with Gasteiger partial charge in [-0.3, -0.25) is 4.98 Å². The molecule has 0 bridgehead atoms. The quantitative estimate of drug-likeness (QED) is 0.827. The number of carbonyl (C=O) groups excluding carboxylic acids is 1. The lowest BCUT2D eigenvalue weighted by molar-refractivity contribution is 0.0600. The number of benzene rings is 1. The van der Waals surface area contributed by atoms with Gasteiger partial charge < -0.3 is 14.8 Å². The maximum Gasteiger partial charge on any atom is 0.339 e. The van der Waals surface area contributed by atoms with Crippen LogP contribution >= 0.6 is 0 Å². The third-order valence-corrected chi connectivity index (χ3v) is 2.96. The summed E-state index contributed by atoms with van der Waals surface area (Å²) in [6, 6.07) is 11.5. The summed E-state index contributed by atoms with van der Waals surface area (Å²) >= 11 is 0. The molecule has 0 saturated carbocycles. The van der Waals surface area contributed by atoms with E-state index in [4.69, 9.17) is 4.74 Å². The van der Waals surface area contributed by atoms with Gasteiger partial charge in [0.05, 0.1) is 31.5 Å². The highest BCUT2D eigenvalue weighted by Gasteiger charge is 2.05. The largest absolute Gasteiger partial charge is 0.465 e. The van der Waals surface area contributed by atoms with Crippen molar-refractivity contribution in [2.24, 2.45) is 0 Å². The topological polar surface area (TPSA) is 60.5 Å². The molecule has 1 aromatic heterocycles. The molecule has 21 heavy (non-hydrogen) atoms. The summed E-state index contributed by atoms with van der Waals surface area (Å²) in [7, 11) is 3.03. The SMILES string of the molecule is COCc1cccc(NCc2ccc(C(=O)OC)cn2)c1. The molecular weight excluding hydrogens is 268 g/mol. The van der Waals surface area contributed by atoms with Crippen LogP contribution in [0.25, 0.3) is 0 Å². The van der Waals surface area contributed by atoms with Gasteiger partial charge in [0.2, 0.25) is 0 Å². The first-order valence-electron chi connectivity index (χ1n) is 6.58. The van der Waals surface area contributed by atoms with Crippen molar-refractivity contribution >= 4 is 11.7 Å². The van der Waals surface area contributed by atoms with Crippen LogP contribution < -0.4 is 5.32 Å². The molecule has 2 aromatic rings. The van der Waals surface area contributed by atoms with Gasteiger partial charge >= 0.3 is 5.97 Å².